The number of carbonyl (C=O) groups is 2. The van der Waals surface area contributed by atoms with E-state index in [9.17, 15) is 9.59 Å². The number of amides is 1. The molecule has 0 aliphatic heterocycles. The van der Waals surface area contributed by atoms with Gasteiger partial charge >= 0.3 is 5.97 Å². The number of hydrogen-bond acceptors (Lipinski definition) is 6. The van der Waals surface area contributed by atoms with E-state index in [0.717, 1.165) is 0 Å². The fourth-order valence-corrected chi connectivity index (χ4v) is 2.21. The van der Waals surface area contributed by atoms with Crippen LogP contribution in [0.1, 0.15) is 19.7 Å². The highest BCUT2D eigenvalue weighted by Crippen LogP contribution is 2.23. The Kier molecular flexibility index (Phi) is 6.29. The molecule has 0 spiro atoms. The van der Waals surface area contributed by atoms with E-state index in [-0.39, 0.29) is 19.1 Å². The van der Waals surface area contributed by atoms with E-state index >= 15 is 0 Å². The van der Waals surface area contributed by atoms with E-state index in [0.29, 0.717) is 16.6 Å². The Labute approximate surface area is 148 Å². The number of carbonyl (C=O) groups excluding carboxylic acids is 1. The van der Waals surface area contributed by atoms with E-state index in [1.165, 1.54) is 4.68 Å². The first kappa shape index (κ1) is 18.7. The molecule has 2 rings (SSSR count). The third kappa shape index (κ3) is 5.15. The van der Waals surface area contributed by atoms with Crippen molar-refractivity contribution in [1.82, 2.24) is 25.5 Å². The number of nitrogens with one attached hydrogen (secondary N) is 1. The predicted molar refractivity (Wildman–Crippen MR) is 88.0 cm³/mol. The van der Waals surface area contributed by atoms with Crippen molar-refractivity contribution in [1.29, 1.82) is 0 Å². The Hall–Kier alpha value is -2.68. The third-order valence-electron chi connectivity index (χ3n) is 3.34. The number of ether oxygens (including phenoxy) is 1. The minimum atomic E-state index is -1.10. The fourth-order valence-electron chi connectivity index (χ4n) is 2.02. The molecule has 1 unspecified atom stereocenters. The van der Waals surface area contributed by atoms with Gasteiger partial charge in [0.2, 0.25) is 5.91 Å². The van der Waals surface area contributed by atoms with Gasteiger partial charge in [0.15, 0.2) is 5.82 Å². The van der Waals surface area contributed by atoms with Gasteiger partial charge in [-0.25, -0.2) is 9.48 Å². The molecule has 9 nitrogen and oxygen atoms in total. The molecule has 25 heavy (non-hydrogen) atoms. The number of nitrogens with zero attached hydrogens (tertiary/aromatic N) is 4. The molecule has 0 radical (unpaired) electrons. The lowest BCUT2D eigenvalue weighted by molar-refractivity contribution is -0.143. The SMILES string of the molecule is CC(C)C(NC(=O)Cn1nnnc1COc1ccccc1Cl)C(=O)O. The Morgan fingerprint density at radius 2 is 2.08 bits per heavy atom. The lowest BCUT2D eigenvalue weighted by Gasteiger charge is -2.17. The van der Waals surface area contributed by atoms with E-state index in [2.05, 4.69) is 20.8 Å². The Bertz CT molecular complexity index is 749. The van der Waals surface area contributed by atoms with Gasteiger partial charge in [0.25, 0.3) is 0 Å². The second-order valence-electron chi connectivity index (χ2n) is 5.60. The quantitative estimate of drug-likeness (QED) is 0.717. The van der Waals surface area contributed by atoms with Crippen LogP contribution in [0, 0.1) is 5.92 Å². The highest BCUT2D eigenvalue weighted by molar-refractivity contribution is 6.32. The van der Waals surface area contributed by atoms with Crippen molar-refractivity contribution in [3.05, 3.63) is 35.1 Å². The number of aromatic nitrogens is 4. The lowest BCUT2D eigenvalue weighted by Crippen LogP contribution is -2.45. The maximum atomic E-state index is 12.1. The van der Waals surface area contributed by atoms with Crippen molar-refractivity contribution in [3.8, 4) is 5.75 Å². The minimum Gasteiger partial charge on any atom is -0.484 e. The van der Waals surface area contributed by atoms with Gasteiger partial charge in [0.1, 0.15) is 24.9 Å². The summed E-state index contributed by atoms with van der Waals surface area (Å²) in [5, 5.41) is 23.0. The van der Waals surface area contributed by atoms with Crippen molar-refractivity contribution in [2.45, 2.75) is 33.0 Å². The van der Waals surface area contributed by atoms with Crippen LogP contribution in [0.2, 0.25) is 5.02 Å². The molecule has 1 amide bonds. The van der Waals surface area contributed by atoms with Crippen LogP contribution in [0.4, 0.5) is 0 Å². The normalized spacial score (nSPS) is 12.0. The first-order valence-electron chi connectivity index (χ1n) is 7.53. The first-order valence-corrected chi connectivity index (χ1v) is 7.90. The summed E-state index contributed by atoms with van der Waals surface area (Å²) in [5.41, 5.74) is 0. The van der Waals surface area contributed by atoms with E-state index in [1.807, 2.05) is 0 Å². The molecule has 1 heterocycles. The van der Waals surface area contributed by atoms with Gasteiger partial charge in [-0.2, -0.15) is 0 Å². The number of aliphatic carboxylic acids is 1. The maximum Gasteiger partial charge on any atom is 0.326 e. The van der Waals surface area contributed by atoms with Gasteiger partial charge in [0.05, 0.1) is 5.02 Å². The summed E-state index contributed by atoms with van der Waals surface area (Å²) in [6.45, 7) is 3.21. The predicted octanol–water partition coefficient (Wildman–Crippen LogP) is 1.13. The number of halogens is 1. The smallest absolute Gasteiger partial charge is 0.326 e. The van der Waals surface area contributed by atoms with Gasteiger partial charge in [-0.1, -0.05) is 37.6 Å². The molecule has 0 aliphatic carbocycles. The number of rotatable bonds is 8. The molecule has 0 fully saturated rings. The summed E-state index contributed by atoms with van der Waals surface area (Å²) in [5.74, 6) is -1.08. The summed E-state index contributed by atoms with van der Waals surface area (Å²) in [7, 11) is 0. The van der Waals surface area contributed by atoms with Crippen LogP contribution < -0.4 is 10.1 Å². The second-order valence-corrected chi connectivity index (χ2v) is 6.01. The average Bonchev–Trinajstić information content (AvgIpc) is 2.98. The van der Waals surface area contributed by atoms with Crippen LogP contribution in [0.25, 0.3) is 0 Å². The Balaban J connectivity index is 1.98. The van der Waals surface area contributed by atoms with Crippen molar-refractivity contribution < 1.29 is 19.4 Å². The van der Waals surface area contributed by atoms with Gasteiger partial charge in [-0.3, -0.25) is 4.79 Å². The van der Waals surface area contributed by atoms with E-state index < -0.39 is 17.9 Å². The molecule has 1 aromatic carbocycles. The number of para-hydroxylation sites is 1. The van der Waals surface area contributed by atoms with Crippen LogP contribution >= 0.6 is 11.6 Å². The number of carboxylic acids is 1. The highest BCUT2D eigenvalue weighted by atomic mass is 35.5. The molecule has 1 atom stereocenters. The summed E-state index contributed by atoms with van der Waals surface area (Å²) < 4.78 is 6.78. The van der Waals surface area contributed by atoms with Crippen LogP contribution in [-0.2, 0) is 22.7 Å². The lowest BCUT2D eigenvalue weighted by atomic mass is 10.1. The molecule has 0 saturated carbocycles. The number of benzene rings is 1. The zero-order valence-electron chi connectivity index (χ0n) is 13.7. The van der Waals surface area contributed by atoms with Crippen LogP contribution in [0.15, 0.2) is 24.3 Å². The topological polar surface area (TPSA) is 119 Å². The van der Waals surface area contributed by atoms with Gasteiger partial charge in [-0.05, 0) is 28.5 Å². The Morgan fingerprint density at radius 1 is 1.36 bits per heavy atom. The van der Waals surface area contributed by atoms with Gasteiger partial charge in [0, 0.05) is 0 Å². The van der Waals surface area contributed by atoms with Crippen LogP contribution in [0.5, 0.6) is 5.75 Å². The zero-order valence-corrected chi connectivity index (χ0v) is 14.5. The monoisotopic (exact) mass is 367 g/mol. The van der Waals surface area contributed by atoms with Crippen molar-refractivity contribution in [3.63, 3.8) is 0 Å². The summed E-state index contributed by atoms with van der Waals surface area (Å²) in [4.78, 5) is 23.2. The summed E-state index contributed by atoms with van der Waals surface area (Å²) >= 11 is 6.00. The third-order valence-corrected chi connectivity index (χ3v) is 3.65. The van der Waals surface area contributed by atoms with Crippen LogP contribution in [-0.4, -0.2) is 43.2 Å². The second kappa shape index (κ2) is 8.43. The van der Waals surface area contributed by atoms with Crippen LogP contribution in [0.3, 0.4) is 0 Å². The summed E-state index contributed by atoms with van der Waals surface area (Å²) in [6.07, 6.45) is 0. The number of carboxylic acid groups (broad SMARTS) is 1. The molecule has 2 aromatic rings. The number of hydrogen-bond donors (Lipinski definition) is 2. The molecule has 0 aliphatic rings. The van der Waals surface area contributed by atoms with Crippen molar-refractivity contribution in [2.24, 2.45) is 5.92 Å². The molecule has 1 aromatic heterocycles. The molecular weight excluding hydrogens is 350 g/mol. The van der Waals surface area contributed by atoms with Gasteiger partial charge < -0.3 is 15.2 Å². The van der Waals surface area contributed by atoms with Crippen molar-refractivity contribution >= 4 is 23.5 Å². The largest absolute Gasteiger partial charge is 0.484 e. The molecule has 134 valence electrons. The minimum absolute atomic E-state index is 0.0105. The molecular formula is C15H18ClN5O4. The number of tetrazole rings is 1. The molecule has 0 saturated heterocycles. The standard InChI is InChI=1S/C15H18ClN5O4/c1-9(2)14(15(23)24)17-13(22)7-21-12(18-19-20-21)8-25-11-6-4-3-5-10(11)16/h3-6,9,14H,7-8H2,1-2H3,(H,17,22)(H,23,24). The maximum absolute atomic E-state index is 12.1. The van der Waals surface area contributed by atoms with E-state index in [1.54, 1.807) is 38.1 Å². The van der Waals surface area contributed by atoms with E-state index in [4.69, 9.17) is 21.4 Å². The van der Waals surface area contributed by atoms with Gasteiger partial charge in [-0.15, -0.1) is 5.10 Å². The highest BCUT2D eigenvalue weighted by Gasteiger charge is 2.24. The fraction of sp³-hybridized carbons (Fsp3) is 0.400. The zero-order chi connectivity index (χ0) is 18.4. The Morgan fingerprint density at radius 3 is 2.72 bits per heavy atom. The molecule has 2 N–H and O–H groups in total. The molecule has 0 bridgehead atoms. The average molecular weight is 368 g/mol. The molecule has 10 heteroatoms. The van der Waals surface area contributed by atoms with Crippen molar-refractivity contribution in [2.75, 3.05) is 0 Å². The summed E-state index contributed by atoms with van der Waals surface area (Å²) in [6, 6.07) is 5.95. The first-order chi connectivity index (χ1) is 11.9.